The van der Waals surface area contributed by atoms with Crippen molar-refractivity contribution in [1.29, 1.82) is 0 Å². The second-order valence-corrected chi connectivity index (χ2v) is 3.42. The van der Waals surface area contributed by atoms with Crippen molar-refractivity contribution in [3.63, 3.8) is 0 Å². The molecule has 4 heteroatoms. The van der Waals surface area contributed by atoms with Crippen LogP contribution < -0.4 is 4.74 Å². The smallest absolute Gasteiger partial charge is 0.139 e. The van der Waals surface area contributed by atoms with Crippen molar-refractivity contribution >= 4 is 11.3 Å². The van der Waals surface area contributed by atoms with Gasteiger partial charge in [0, 0.05) is 0 Å². The summed E-state index contributed by atoms with van der Waals surface area (Å²) in [5.74, 6) is 0.824. The number of ether oxygens (including phenoxy) is 1. The Balaban J connectivity index is 2.62. The van der Waals surface area contributed by atoms with Crippen LogP contribution in [0.1, 0.15) is 12.6 Å². The number of imidazole rings is 1. The first-order valence-electron chi connectivity index (χ1n) is 4.69. The normalized spacial score (nSPS) is 10.5. The minimum absolute atomic E-state index is 0.106. The lowest BCUT2D eigenvalue weighted by atomic mass is 10.2. The number of ketones is 1. The van der Waals surface area contributed by atoms with Crippen molar-refractivity contribution in [3.8, 4) is 5.75 Å². The van der Waals surface area contributed by atoms with Crippen molar-refractivity contribution in [1.82, 2.24) is 9.38 Å². The van der Waals surface area contributed by atoms with Crippen LogP contribution in [0.15, 0.2) is 24.7 Å². The quantitative estimate of drug-likeness (QED) is 0.760. The fraction of sp³-hybridized carbons (Fsp3) is 0.273. The number of nitrogens with zero attached hydrogens (tertiary/aromatic N) is 2. The van der Waals surface area contributed by atoms with Crippen molar-refractivity contribution < 1.29 is 9.53 Å². The minimum atomic E-state index is 0.106. The van der Waals surface area contributed by atoms with Gasteiger partial charge in [0.15, 0.2) is 0 Å². The van der Waals surface area contributed by atoms with Crippen LogP contribution in [0.3, 0.4) is 0 Å². The summed E-state index contributed by atoms with van der Waals surface area (Å²) in [6.07, 6.45) is 3.80. The van der Waals surface area contributed by atoms with E-state index < -0.39 is 0 Å². The molecular weight excluding hydrogens is 192 g/mol. The number of hydrogen-bond donors (Lipinski definition) is 0. The highest BCUT2D eigenvalue weighted by atomic mass is 16.5. The molecule has 0 fully saturated rings. The highest BCUT2D eigenvalue weighted by Gasteiger charge is 2.09. The van der Waals surface area contributed by atoms with Gasteiger partial charge in [-0.05, 0) is 19.1 Å². The third-order valence-electron chi connectivity index (χ3n) is 2.28. The third kappa shape index (κ3) is 1.70. The summed E-state index contributed by atoms with van der Waals surface area (Å²) in [5, 5.41) is 0. The molecule has 2 aromatic heterocycles. The lowest BCUT2D eigenvalue weighted by Crippen LogP contribution is -2.05. The van der Waals surface area contributed by atoms with E-state index in [2.05, 4.69) is 4.98 Å². The molecule has 4 nitrogen and oxygen atoms in total. The van der Waals surface area contributed by atoms with Gasteiger partial charge < -0.3 is 4.74 Å². The van der Waals surface area contributed by atoms with Crippen LogP contribution in [0.25, 0.3) is 5.52 Å². The minimum Gasteiger partial charge on any atom is -0.495 e. The summed E-state index contributed by atoms with van der Waals surface area (Å²) in [4.78, 5) is 15.2. The number of carbonyl (C=O) groups is 1. The van der Waals surface area contributed by atoms with Crippen LogP contribution in [-0.2, 0) is 11.2 Å². The van der Waals surface area contributed by atoms with E-state index in [4.69, 9.17) is 4.74 Å². The maximum Gasteiger partial charge on any atom is 0.139 e. The van der Waals surface area contributed by atoms with Crippen molar-refractivity contribution in [2.75, 3.05) is 7.11 Å². The van der Waals surface area contributed by atoms with Crippen LogP contribution in [0.5, 0.6) is 5.75 Å². The maximum absolute atomic E-state index is 11.2. The lowest BCUT2D eigenvalue weighted by Gasteiger charge is -2.09. The molecule has 2 heterocycles. The zero-order valence-corrected chi connectivity index (χ0v) is 8.73. The molecule has 2 aromatic rings. The van der Waals surface area contributed by atoms with E-state index in [1.165, 1.54) is 0 Å². The van der Waals surface area contributed by atoms with Gasteiger partial charge in [-0.1, -0.05) is 0 Å². The fourth-order valence-electron chi connectivity index (χ4n) is 1.62. The molecular formula is C11H12N2O2. The summed E-state index contributed by atoms with van der Waals surface area (Å²) in [5.41, 5.74) is 1.81. The third-order valence-corrected chi connectivity index (χ3v) is 2.28. The molecule has 0 radical (unpaired) electrons. The summed E-state index contributed by atoms with van der Waals surface area (Å²) in [6.45, 7) is 1.56. The monoisotopic (exact) mass is 204 g/mol. The van der Waals surface area contributed by atoms with Gasteiger partial charge in [-0.2, -0.15) is 0 Å². The molecule has 0 spiro atoms. The number of aromatic nitrogens is 2. The Morgan fingerprint density at radius 1 is 1.53 bits per heavy atom. The van der Waals surface area contributed by atoms with Crippen molar-refractivity contribution in [2.45, 2.75) is 13.3 Å². The number of Topliss-reactive ketones (excluding diaryl/α,β-unsaturated/α-hetero) is 1. The molecule has 0 aromatic carbocycles. The zero-order valence-electron chi connectivity index (χ0n) is 8.73. The van der Waals surface area contributed by atoms with Crippen molar-refractivity contribution in [2.24, 2.45) is 0 Å². The number of carbonyl (C=O) groups excluding carboxylic acids is 1. The number of pyridine rings is 1. The molecule has 15 heavy (non-hydrogen) atoms. The Morgan fingerprint density at radius 2 is 2.33 bits per heavy atom. The van der Waals surface area contributed by atoms with Crippen LogP contribution >= 0.6 is 0 Å². The molecule has 0 bridgehead atoms. The topological polar surface area (TPSA) is 43.6 Å². The molecule has 0 atom stereocenters. The molecule has 0 amide bonds. The Kier molecular flexibility index (Phi) is 2.41. The van der Waals surface area contributed by atoms with E-state index in [0.717, 1.165) is 17.0 Å². The predicted octanol–water partition coefficient (Wildman–Crippen LogP) is 1.47. The first-order chi connectivity index (χ1) is 7.22. The average Bonchev–Trinajstić information content (AvgIpc) is 2.65. The Hall–Kier alpha value is -1.84. The fourth-order valence-corrected chi connectivity index (χ4v) is 1.62. The van der Waals surface area contributed by atoms with E-state index in [0.29, 0.717) is 6.42 Å². The molecule has 0 aliphatic carbocycles. The first-order valence-corrected chi connectivity index (χ1v) is 4.69. The van der Waals surface area contributed by atoms with Gasteiger partial charge in [0.25, 0.3) is 0 Å². The molecule has 78 valence electrons. The maximum atomic E-state index is 11.2. The van der Waals surface area contributed by atoms with Crippen LogP contribution in [0, 0.1) is 0 Å². The highest BCUT2D eigenvalue weighted by Crippen LogP contribution is 2.20. The Morgan fingerprint density at radius 3 is 3.00 bits per heavy atom. The summed E-state index contributed by atoms with van der Waals surface area (Å²) < 4.78 is 7.10. The van der Waals surface area contributed by atoms with Gasteiger partial charge in [0.1, 0.15) is 11.5 Å². The predicted molar refractivity (Wildman–Crippen MR) is 56.1 cm³/mol. The Bertz CT molecular complexity index is 502. The van der Waals surface area contributed by atoms with E-state index in [9.17, 15) is 4.79 Å². The van der Waals surface area contributed by atoms with Crippen LogP contribution in [0.2, 0.25) is 0 Å². The molecule has 0 saturated heterocycles. The standard InChI is InChI=1S/C11H12N2O2/c1-8(14)5-10-11(15-2)4-3-9-6-12-7-13(9)10/h3-4,6-7H,5H2,1-2H3. The summed E-state index contributed by atoms with van der Waals surface area (Å²) in [6, 6.07) is 3.77. The first kappa shape index (κ1) is 9.71. The molecule has 0 aliphatic heterocycles. The average molecular weight is 204 g/mol. The molecule has 0 saturated carbocycles. The van der Waals surface area contributed by atoms with Crippen LogP contribution in [0.4, 0.5) is 0 Å². The van der Waals surface area contributed by atoms with E-state index in [-0.39, 0.29) is 5.78 Å². The Labute approximate surface area is 87.5 Å². The second kappa shape index (κ2) is 3.73. The lowest BCUT2D eigenvalue weighted by molar-refractivity contribution is -0.116. The molecule has 0 aliphatic rings. The van der Waals surface area contributed by atoms with Gasteiger partial charge in [0.2, 0.25) is 0 Å². The molecule has 2 rings (SSSR count). The van der Waals surface area contributed by atoms with E-state index in [1.54, 1.807) is 26.6 Å². The number of methoxy groups -OCH3 is 1. The molecule has 0 unspecified atom stereocenters. The summed E-state index contributed by atoms with van der Waals surface area (Å²) in [7, 11) is 1.60. The van der Waals surface area contributed by atoms with Crippen molar-refractivity contribution in [3.05, 3.63) is 30.4 Å². The van der Waals surface area contributed by atoms with Gasteiger partial charge in [-0.15, -0.1) is 0 Å². The zero-order chi connectivity index (χ0) is 10.8. The van der Waals surface area contributed by atoms with Crippen LogP contribution in [-0.4, -0.2) is 22.3 Å². The van der Waals surface area contributed by atoms with E-state index in [1.807, 2.05) is 16.5 Å². The molecule has 0 N–H and O–H groups in total. The van der Waals surface area contributed by atoms with Gasteiger partial charge in [-0.25, -0.2) is 4.98 Å². The second-order valence-electron chi connectivity index (χ2n) is 3.42. The number of fused-ring (bicyclic) bond motifs is 1. The van der Waals surface area contributed by atoms with Gasteiger partial charge in [0.05, 0.1) is 37.3 Å². The largest absolute Gasteiger partial charge is 0.495 e. The summed E-state index contributed by atoms with van der Waals surface area (Å²) >= 11 is 0. The van der Waals surface area contributed by atoms with Gasteiger partial charge in [-0.3, -0.25) is 9.20 Å². The van der Waals surface area contributed by atoms with Gasteiger partial charge >= 0.3 is 0 Å². The highest BCUT2D eigenvalue weighted by molar-refractivity contribution is 5.78. The van der Waals surface area contributed by atoms with E-state index >= 15 is 0 Å². The number of hydrogen-bond acceptors (Lipinski definition) is 3. The SMILES string of the molecule is COc1ccc2cncn2c1CC(C)=O. The number of rotatable bonds is 3.